The van der Waals surface area contributed by atoms with E-state index in [1.54, 1.807) is 52.0 Å². The number of aromatic amines is 2. The summed E-state index contributed by atoms with van der Waals surface area (Å²) in [6.45, 7) is 5.74. The minimum Gasteiger partial charge on any atom is -0.482 e. The second-order valence-electron chi connectivity index (χ2n) is 15.3. The van der Waals surface area contributed by atoms with Gasteiger partial charge in [-0.3, -0.25) is 28.7 Å². The first-order chi connectivity index (χ1) is 28.6. The number of hydrogen-bond donors (Lipinski definition) is 2. The summed E-state index contributed by atoms with van der Waals surface area (Å²) in [6, 6.07) is 16.4. The molecule has 6 heterocycles. The Labute approximate surface area is 339 Å². The van der Waals surface area contributed by atoms with Crippen molar-refractivity contribution in [2.45, 2.75) is 88.3 Å². The predicted molar refractivity (Wildman–Crippen MR) is 203 cm³/mol. The maximum atomic E-state index is 12.6. The molecule has 0 bridgehead atoms. The van der Waals surface area contributed by atoms with Crippen molar-refractivity contribution in [2.75, 3.05) is 26.4 Å². The Balaban J connectivity index is 0.781. The number of benzene rings is 2. The number of carbonyl (C=O) groups is 2. The number of fused-ring (bicyclic) bond motifs is 2. The SMILES string of the molecule is CC1(C)OC2C(COC(=O)COc3ccc(-c4ccc(OCC(=O)OCC5OC(n6ccc(=O)[nH]c6=O)C6OC(C)(C)OC56)cc4)cc3)OC(n3ccc(=O)[nH]c3=O)C2O1. The molecule has 8 rings (SSSR count). The number of nitrogens with zero attached hydrogens (tertiary/aromatic N) is 2. The summed E-state index contributed by atoms with van der Waals surface area (Å²) in [6.07, 6.45) is -3.41. The highest BCUT2D eigenvalue weighted by atomic mass is 16.8. The minimum absolute atomic E-state index is 0.192. The Morgan fingerprint density at radius 2 is 0.933 bits per heavy atom. The molecule has 8 unspecified atom stereocenters. The zero-order valence-corrected chi connectivity index (χ0v) is 32.8. The third kappa shape index (κ3) is 8.83. The number of rotatable bonds is 13. The van der Waals surface area contributed by atoms with E-state index in [1.807, 2.05) is 24.3 Å². The third-order valence-corrected chi connectivity index (χ3v) is 10.1. The molecule has 4 aliphatic rings. The van der Waals surface area contributed by atoms with Crippen molar-refractivity contribution in [3.63, 3.8) is 0 Å². The molecule has 0 aliphatic carbocycles. The Hall–Kier alpha value is -5.90. The van der Waals surface area contributed by atoms with E-state index >= 15 is 0 Å². The molecule has 2 N–H and O–H groups in total. The molecule has 4 aromatic rings. The fourth-order valence-electron chi connectivity index (χ4n) is 7.50. The van der Waals surface area contributed by atoms with Gasteiger partial charge in [-0.2, -0.15) is 0 Å². The molecule has 60 heavy (non-hydrogen) atoms. The third-order valence-electron chi connectivity index (χ3n) is 10.1. The first-order valence-electron chi connectivity index (χ1n) is 19.0. The van der Waals surface area contributed by atoms with Gasteiger partial charge in [-0.1, -0.05) is 24.3 Å². The van der Waals surface area contributed by atoms with Gasteiger partial charge in [0.2, 0.25) is 0 Å². The van der Waals surface area contributed by atoms with Crippen LogP contribution in [0.15, 0.2) is 92.2 Å². The van der Waals surface area contributed by atoms with Gasteiger partial charge >= 0.3 is 23.3 Å². The van der Waals surface area contributed by atoms with Gasteiger partial charge in [0.15, 0.2) is 37.2 Å². The molecule has 0 amide bonds. The van der Waals surface area contributed by atoms with Crippen LogP contribution in [0.1, 0.15) is 40.2 Å². The molecule has 4 fully saturated rings. The highest BCUT2D eigenvalue weighted by Crippen LogP contribution is 2.44. The van der Waals surface area contributed by atoms with E-state index in [0.717, 1.165) is 11.1 Å². The van der Waals surface area contributed by atoms with Crippen LogP contribution < -0.4 is 32.0 Å². The summed E-state index contributed by atoms with van der Waals surface area (Å²) in [5, 5.41) is 0. The van der Waals surface area contributed by atoms with Crippen LogP contribution in [0.3, 0.4) is 0 Å². The minimum atomic E-state index is -0.975. The van der Waals surface area contributed by atoms with Crippen LogP contribution in [-0.4, -0.2) is 106 Å². The van der Waals surface area contributed by atoms with E-state index in [1.165, 1.54) is 33.7 Å². The molecular formula is C40H42N4O16. The maximum absolute atomic E-state index is 12.6. The normalized spacial score (nSPS) is 27.2. The average molecular weight is 835 g/mol. The zero-order valence-electron chi connectivity index (χ0n) is 32.8. The van der Waals surface area contributed by atoms with Gasteiger partial charge < -0.3 is 47.4 Å². The maximum Gasteiger partial charge on any atom is 0.344 e. The van der Waals surface area contributed by atoms with Crippen molar-refractivity contribution in [3.05, 3.63) is 115 Å². The summed E-state index contributed by atoms with van der Waals surface area (Å²) in [5.41, 5.74) is -0.756. The lowest BCUT2D eigenvalue weighted by molar-refractivity contribution is -0.203. The molecule has 4 aliphatic heterocycles. The van der Waals surface area contributed by atoms with Gasteiger partial charge in [0, 0.05) is 24.5 Å². The number of carbonyl (C=O) groups excluding carboxylic acids is 2. The van der Waals surface area contributed by atoms with E-state index in [-0.39, 0.29) is 26.4 Å². The van der Waals surface area contributed by atoms with Gasteiger partial charge in [-0.15, -0.1) is 0 Å². The number of aromatic nitrogens is 4. The Bertz CT molecular complexity index is 2290. The van der Waals surface area contributed by atoms with E-state index in [2.05, 4.69) is 9.97 Å². The number of nitrogens with one attached hydrogen (secondary N) is 2. The molecule has 0 saturated carbocycles. The summed E-state index contributed by atoms with van der Waals surface area (Å²) >= 11 is 0. The predicted octanol–water partition coefficient (Wildman–Crippen LogP) is 1.13. The largest absolute Gasteiger partial charge is 0.482 e. The molecule has 20 heteroatoms. The highest BCUT2D eigenvalue weighted by molar-refractivity contribution is 5.72. The summed E-state index contributed by atoms with van der Waals surface area (Å²) in [5.74, 6) is -2.41. The van der Waals surface area contributed by atoms with E-state index < -0.39 is 95.1 Å². The highest BCUT2D eigenvalue weighted by Gasteiger charge is 2.57. The summed E-state index contributed by atoms with van der Waals surface area (Å²) < 4.78 is 60.5. The molecule has 8 atom stereocenters. The first-order valence-corrected chi connectivity index (χ1v) is 19.0. The van der Waals surface area contributed by atoms with Crippen LogP contribution >= 0.6 is 0 Å². The fraction of sp³-hybridized carbons (Fsp3) is 0.450. The van der Waals surface area contributed by atoms with E-state index in [4.69, 9.17) is 47.4 Å². The smallest absolute Gasteiger partial charge is 0.344 e. The van der Waals surface area contributed by atoms with Crippen molar-refractivity contribution in [1.29, 1.82) is 0 Å². The van der Waals surface area contributed by atoms with Crippen LogP contribution in [0.5, 0.6) is 11.5 Å². The molecule has 0 radical (unpaired) electrons. The molecule has 4 saturated heterocycles. The van der Waals surface area contributed by atoms with Gasteiger partial charge in [-0.25, -0.2) is 19.2 Å². The second-order valence-corrected chi connectivity index (χ2v) is 15.3. The monoisotopic (exact) mass is 834 g/mol. The van der Waals surface area contributed by atoms with Crippen LogP contribution in [0.4, 0.5) is 0 Å². The van der Waals surface area contributed by atoms with Crippen molar-refractivity contribution in [1.82, 2.24) is 19.1 Å². The molecule has 2 aromatic heterocycles. The Kier molecular flexibility index (Phi) is 11.1. The number of ether oxygens (including phenoxy) is 10. The Morgan fingerprint density at radius 3 is 1.30 bits per heavy atom. The number of H-pyrrole nitrogens is 2. The van der Waals surface area contributed by atoms with Crippen molar-refractivity contribution in [3.8, 4) is 22.6 Å². The fourth-order valence-corrected chi connectivity index (χ4v) is 7.50. The number of hydrogen-bond acceptors (Lipinski definition) is 16. The summed E-state index contributed by atoms with van der Waals surface area (Å²) in [4.78, 5) is 77.7. The van der Waals surface area contributed by atoms with Crippen LogP contribution in [-0.2, 0) is 47.5 Å². The van der Waals surface area contributed by atoms with Crippen molar-refractivity contribution in [2.24, 2.45) is 0 Å². The molecule has 20 nitrogen and oxygen atoms in total. The first kappa shape index (κ1) is 40.9. The molecule has 318 valence electrons. The van der Waals surface area contributed by atoms with Gasteiger partial charge in [0.25, 0.3) is 11.1 Å². The lowest BCUT2D eigenvalue weighted by Crippen LogP contribution is -2.37. The van der Waals surface area contributed by atoms with Gasteiger partial charge in [0.05, 0.1) is 0 Å². The van der Waals surface area contributed by atoms with Crippen LogP contribution in [0, 0.1) is 0 Å². The van der Waals surface area contributed by atoms with Gasteiger partial charge in [0.1, 0.15) is 61.3 Å². The Morgan fingerprint density at radius 1 is 0.567 bits per heavy atom. The van der Waals surface area contributed by atoms with Crippen LogP contribution in [0.25, 0.3) is 11.1 Å². The van der Waals surface area contributed by atoms with Crippen molar-refractivity contribution >= 4 is 11.9 Å². The van der Waals surface area contributed by atoms with Crippen LogP contribution in [0.2, 0.25) is 0 Å². The molecule has 2 aromatic carbocycles. The topological polar surface area (TPSA) is 236 Å². The van der Waals surface area contributed by atoms with Gasteiger partial charge in [-0.05, 0) is 63.1 Å². The van der Waals surface area contributed by atoms with E-state index in [0.29, 0.717) is 11.5 Å². The quantitative estimate of drug-likeness (QED) is 0.180. The van der Waals surface area contributed by atoms with Crippen molar-refractivity contribution < 1.29 is 57.0 Å². The zero-order chi connectivity index (χ0) is 42.3. The van der Waals surface area contributed by atoms with E-state index in [9.17, 15) is 28.8 Å². The lowest BCUT2D eigenvalue weighted by Gasteiger charge is -2.24. The summed E-state index contributed by atoms with van der Waals surface area (Å²) in [7, 11) is 0. The lowest BCUT2D eigenvalue weighted by atomic mass is 10.1. The standard InChI is InChI=1S/C40H42N4O16/c1-39(2)57-31-25(55-35(33(31)59-39)43-15-13-27(45)41-37(43)49)17-53-29(47)19-51-23-9-5-21(6-10-23)22-7-11-24(12-8-22)52-20-30(48)54-18-26-32-34(60-40(3,4)58-32)36(56-26)44-16-14-28(46)42-38(44)50/h5-16,25-26,31-36H,17-20H2,1-4H3,(H,41,45,49)(H,42,46,50). The number of esters is 2. The molecule has 0 spiro atoms. The average Bonchev–Trinajstić information content (AvgIpc) is 3.91. The molecular weight excluding hydrogens is 792 g/mol. The second kappa shape index (κ2) is 16.3.